The summed E-state index contributed by atoms with van der Waals surface area (Å²) in [5.41, 5.74) is 6.35. The Kier molecular flexibility index (Phi) is 4.93. The fraction of sp³-hybridized carbons (Fsp3) is 0.625. The molecule has 0 spiro atoms. The van der Waals surface area contributed by atoms with Crippen molar-refractivity contribution in [3.8, 4) is 0 Å². The summed E-state index contributed by atoms with van der Waals surface area (Å²) in [7, 11) is 0. The first-order chi connectivity index (χ1) is 9.99. The Labute approximate surface area is 124 Å². The van der Waals surface area contributed by atoms with Gasteiger partial charge in [0.25, 0.3) is 0 Å². The fourth-order valence-corrected chi connectivity index (χ4v) is 3.39. The van der Waals surface area contributed by atoms with Gasteiger partial charge in [-0.15, -0.1) is 0 Å². The van der Waals surface area contributed by atoms with Gasteiger partial charge in [0.05, 0.1) is 4.92 Å². The first-order valence-electron chi connectivity index (χ1n) is 7.62. The van der Waals surface area contributed by atoms with Crippen molar-refractivity contribution in [1.29, 1.82) is 0 Å². The molecule has 2 rings (SSSR count). The van der Waals surface area contributed by atoms with Crippen molar-refractivity contribution in [2.75, 3.05) is 6.54 Å². The number of hydrogen-bond acceptors (Lipinski definition) is 3. The number of halogens is 1. The minimum Gasteiger partial charge on any atom is -0.330 e. The number of rotatable bonds is 5. The maximum Gasteiger partial charge on any atom is 0.304 e. The molecule has 116 valence electrons. The summed E-state index contributed by atoms with van der Waals surface area (Å²) in [5, 5.41) is 10.7. The molecule has 2 N–H and O–H groups in total. The van der Waals surface area contributed by atoms with Crippen LogP contribution in [0, 0.1) is 27.3 Å². The van der Waals surface area contributed by atoms with Crippen molar-refractivity contribution < 1.29 is 9.31 Å². The number of nitrogens with two attached hydrogens (primary N) is 1. The molecule has 0 heterocycles. The molecule has 0 saturated heterocycles. The zero-order valence-electron chi connectivity index (χ0n) is 12.5. The van der Waals surface area contributed by atoms with E-state index in [1.165, 1.54) is 31.4 Å². The van der Waals surface area contributed by atoms with Crippen molar-refractivity contribution in [1.82, 2.24) is 0 Å². The monoisotopic (exact) mass is 294 g/mol. The van der Waals surface area contributed by atoms with E-state index in [-0.39, 0.29) is 5.41 Å². The molecule has 1 aromatic carbocycles. The maximum absolute atomic E-state index is 13.7. The second-order valence-corrected chi connectivity index (χ2v) is 6.28. The molecule has 1 aliphatic carbocycles. The van der Waals surface area contributed by atoms with Crippen LogP contribution in [-0.2, 0) is 6.42 Å². The molecule has 0 atom stereocenters. The molecule has 0 aliphatic heterocycles. The molecule has 5 heteroatoms. The largest absolute Gasteiger partial charge is 0.330 e. The van der Waals surface area contributed by atoms with Crippen LogP contribution in [0.4, 0.5) is 10.1 Å². The average molecular weight is 294 g/mol. The van der Waals surface area contributed by atoms with Crippen molar-refractivity contribution in [3.05, 3.63) is 39.7 Å². The summed E-state index contributed by atoms with van der Waals surface area (Å²) in [6.45, 7) is 2.80. The first-order valence-corrected chi connectivity index (χ1v) is 7.62. The highest BCUT2D eigenvalue weighted by Crippen LogP contribution is 2.42. The summed E-state index contributed by atoms with van der Waals surface area (Å²) in [6, 6.07) is 4.21. The summed E-state index contributed by atoms with van der Waals surface area (Å²) < 4.78 is 13.7. The zero-order chi connectivity index (χ0) is 15.5. The molecule has 0 aromatic heterocycles. The van der Waals surface area contributed by atoms with E-state index in [0.29, 0.717) is 13.0 Å². The van der Waals surface area contributed by atoms with E-state index in [0.717, 1.165) is 24.3 Å². The van der Waals surface area contributed by atoms with Gasteiger partial charge in [0.1, 0.15) is 0 Å². The molecule has 1 saturated carbocycles. The van der Waals surface area contributed by atoms with E-state index in [9.17, 15) is 14.5 Å². The van der Waals surface area contributed by atoms with E-state index in [2.05, 4.69) is 6.92 Å². The van der Waals surface area contributed by atoms with Crippen LogP contribution in [0.5, 0.6) is 0 Å². The van der Waals surface area contributed by atoms with Gasteiger partial charge >= 0.3 is 5.69 Å². The molecular formula is C16H23FN2O2. The molecule has 4 nitrogen and oxygen atoms in total. The summed E-state index contributed by atoms with van der Waals surface area (Å²) in [5.74, 6) is 0.0187. The Morgan fingerprint density at radius 2 is 2.10 bits per heavy atom. The van der Waals surface area contributed by atoms with Crippen molar-refractivity contribution in [2.24, 2.45) is 17.1 Å². The number of nitro groups is 1. The molecular weight excluding hydrogens is 271 g/mol. The molecule has 0 amide bonds. The van der Waals surface area contributed by atoms with Gasteiger partial charge in [0.2, 0.25) is 5.82 Å². The molecule has 0 unspecified atom stereocenters. The first kappa shape index (κ1) is 15.9. The third-order valence-corrected chi connectivity index (χ3v) is 4.96. The van der Waals surface area contributed by atoms with E-state index in [1.807, 2.05) is 0 Å². The zero-order valence-corrected chi connectivity index (χ0v) is 12.5. The number of nitro benzene ring substituents is 1. The standard InChI is InChI=1S/C16H23FN2O2/c1-2-12-5-7-16(11-18,8-6-12)10-13-3-4-15(19(20)21)14(17)9-13/h3-4,9,12H,2,5-8,10-11,18H2,1H3. The quantitative estimate of drug-likeness (QED) is 0.663. The lowest BCUT2D eigenvalue weighted by Crippen LogP contribution is -2.36. The highest BCUT2D eigenvalue weighted by molar-refractivity contribution is 5.35. The SMILES string of the molecule is CCC1CCC(CN)(Cc2ccc([N+](=O)[O-])c(F)c2)CC1. The van der Waals surface area contributed by atoms with Crippen LogP contribution in [0.3, 0.4) is 0 Å². The number of hydrogen-bond donors (Lipinski definition) is 1. The molecule has 0 radical (unpaired) electrons. The lowest BCUT2D eigenvalue weighted by molar-refractivity contribution is -0.387. The van der Waals surface area contributed by atoms with E-state index >= 15 is 0 Å². The van der Waals surface area contributed by atoms with E-state index in [1.54, 1.807) is 6.07 Å². The van der Waals surface area contributed by atoms with Crippen LogP contribution in [0.1, 0.15) is 44.6 Å². The van der Waals surface area contributed by atoms with E-state index in [4.69, 9.17) is 5.73 Å². The van der Waals surface area contributed by atoms with Gasteiger partial charge in [-0.1, -0.05) is 19.4 Å². The van der Waals surface area contributed by atoms with Gasteiger partial charge in [-0.2, -0.15) is 4.39 Å². The Bertz CT molecular complexity index is 511. The lowest BCUT2D eigenvalue weighted by Gasteiger charge is -2.39. The summed E-state index contributed by atoms with van der Waals surface area (Å²) in [6.07, 6.45) is 6.36. The van der Waals surface area contributed by atoms with Crippen LogP contribution in [0.15, 0.2) is 18.2 Å². The number of benzene rings is 1. The molecule has 1 fully saturated rings. The van der Waals surface area contributed by atoms with Gasteiger partial charge in [0.15, 0.2) is 0 Å². The van der Waals surface area contributed by atoms with Gasteiger partial charge in [-0.05, 0) is 61.6 Å². The smallest absolute Gasteiger partial charge is 0.304 e. The Morgan fingerprint density at radius 3 is 2.57 bits per heavy atom. The predicted octanol–water partition coefficient (Wildman–Crippen LogP) is 3.82. The Balaban J connectivity index is 2.12. The normalized spacial score (nSPS) is 25.8. The predicted molar refractivity (Wildman–Crippen MR) is 80.5 cm³/mol. The van der Waals surface area contributed by atoms with Crippen molar-refractivity contribution in [3.63, 3.8) is 0 Å². The van der Waals surface area contributed by atoms with Crippen molar-refractivity contribution >= 4 is 5.69 Å². The minimum absolute atomic E-state index is 0.0221. The maximum atomic E-state index is 13.7. The Morgan fingerprint density at radius 1 is 1.43 bits per heavy atom. The second-order valence-electron chi connectivity index (χ2n) is 6.28. The summed E-state index contributed by atoms with van der Waals surface area (Å²) >= 11 is 0. The summed E-state index contributed by atoms with van der Waals surface area (Å²) in [4.78, 5) is 9.97. The van der Waals surface area contributed by atoms with Crippen LogP contribution >= 0.6 is 0 Å². The molecule has 21 heavy (non-hydrogen) atoms. The highest BCUT2D eigenvalue weighted by Gasteiger charge is 2.34. The lowest BCUT2D eigenvalue weighted by atomic mass is 9.67. The van der Waals surface area contributed by atoms with Gasteiger partial charge in [0, 0.05) is 6.07 Å². The van der Waals surface area contributed by atoms with Gasteiger partial charge in [-0.25, -0.2) is 0 Å². The second kappa shape index (κ2) is 6.52. The Hall–Kier alpha value is -1.49. The van der Waals surface area contributed by atoms with Crippen LogP contribution in [0.2, 0.25) is 0 Å². The van der Waals surface area contributed by atoms with E-state index < -0.39 is 16.4 Å². The fourth-order valence-electron chi connectivity index (χ4n) is 3.39. The number of nitrogens with zero attached hydrogens (tertiary/aromatic N) is 1. The third-order valence-electron chi connectivity index (χ3n) is 4.96. The van der Waals surface area contributed by atoms with Crippen LogP contribution in [-0.4, -0.2) is 11.5 Å². The van der Waals surface area contributed by atoms with Gasteiger partial charge in [-0.3, -0.25) is 10.1 Å². The van der Waals surface area contributed by atoms with Crippen LogP contribution in [0.25, 0.3) is 0 Å². The average Bonchev–Trinajstić information content (AvgIpc) is 2.47. The molecule has 0 bridgehead atoms. The topological polar surface area (TPSA) is 69.2 Å². The van der Waals surface area contributed by atoms with Crippen LogP contribution < -0.4 is 5.73 Å². The third kappa shape index (κ3) is 3.59. The van der Waals surface area contributed by atoms with Gasteiger partial charge < -0.3 is 5.73 Å². The molecule has 1 aliphatic rings. The molecule has 1 aromatic rings. The minimum atomic E-state index is -0.757. The van der Waals surface area contributed by atoms with Crippen molar-refractivity contribution in [2.45, 2.75) is 45.4 Å². The highest BCUT2D eigenvalue weighted by atomic mass is 19.1.